The summed E-state index contributed by atoms with van der Waals surface area (Å²) in [7, 11) is -0.0553. The number of aliphatic hydroxyl groups excluding tert-OH is 1. The van der Waals surface area contributed by atoms with Crippen LogP contribution in [0.1, 0.15) is 38.3 Å². The van der Waals surface area contributed by atoms with Gasteiger partial charge in [-0.25, -0.2) is 8.42 Å². The van der Waals surface area contributed by atoms with Crippen molar-refractivity contribution in [3.63, 3.8) is 0 Å². The molecule has 1 aliphatic carbocycles. The zero-order valence-corrected chi connectivity index (χ0v) is 13.2. The van der Waals surface area contributed by atoms with Crippen molar-refractivity contribution in [1.82, 2.24) is 8.87 Å². The fourth-order valence-electron chi connectivity index (χ4n) is 2.84. The van der Waals surface area contributed by atoms with Gasteiger partial charge in [0, 0.05) is 32.0 Å². The van der Waals surface area contributed by atoms with E-state index in [0.29, 0.717) is 11.6 Å². The third-order valence-electron chi connectivity index (χ3n) is 4.42. The summed E-state index contributed by atoms with van der Waals surface area (Å²) in [5, 5.41) is 9.18. The van der Waals surface area contributed by atoms with Crippen LogP contribution in [-0.4, -0.2) is 35.5 Å². The molecule has 20 heavy (non-hydrogen) atoms. The Morgan fingerprint density at radius 2 is 1.95 bits per heavy atom. The minimum absolute atomic E-state index is 0.0917. The lowest BCUT2D eigenvalue weighted by Crippen LogP contribution is -2.39. The van der Waals surface area contributed by atoms with E-state index in [4.69, 9.17) is 0 Å². The van der Waals surface area contributed by atoms with Crippen LogP contribution in [0.4, 0.5) is 0 Å². The summed E-state index contributed by atoms with van der Waals surface area (Å²) in [6, 6.07) is 1.64. The lowest BCUT2D eigenvalue weighted by Gasteiger charge is -2.32. The second kappa shape index (κ2) is 5.87. The lowest BCUT2D eigenvalue weighted by atomic mass is 9.87. The van der Waals surface area contributed by atoms with Crippen LogP contribution in [0, 0.1) is 5.92 Å². The molecule has 1 aromatic rings. The molecule has 1 saturated carbocycles. The van der Waals surface area contributed by atoms with E-state index < -0.39 is 10.0 Å². The maximum absolute atomic E-state index is 12.6. The molecule has 2 rings (SSSR count). The van der Waals surface area contributed by atoms with Crippen LogP contribution < -0.4 is 0 Å². The van der Waals surface area contributed by atoms with Crippen molar-refractivity contribution < 1.29 is 13.5 Å². The first-order valence-corrected chi connectivity index (χ1v) is 8.54. The monoisotopic (exact) mass is 300 g/mol. The molecular formula is C14H24N2O3S. The summed E-state index contributed by atoms with van der Waals surface area (Å²) in [6.07, 6.45) is 5.60. The highest BCUT2D eigenvalue weighted by molar-refractivity contribution is 7.89. The molecular weight excluding hydrogens is 276 g/mol. The maximum Gasteiger partial charge on any atom is 0.244 e. The molecule has 0 aliphatic heterocycles. The van der Waals surface area contributed by atoms with Crippen LogP contribution >= 0.6 is 0 Å². The largest absolute Gasteiger partial charge is 0.390 e. The Hall–Kier alpha value is -0.850. The molecule has 1 N–H and O–H groups in total. The van der Waals surface area contributed by atoms with Gasteiger partial charge in [0.15, 0.2) is 0 Å². The molecule has 0 unspecified atom stereocenters. The second-order valence-electron chi connectivity index (χ2n) is 5.87. The highest BCUT2D eigenvalue weighted by Gasteiger charge is 2.31. The summed E-state index contributed by atoms with van der Waals surface area (Å²) < 4.78 is 28.4. The molecule has 1 aromatic heterocycles. The predicted molar refractivity (Wildman–Crippen MR) is 77.7 cm³/mol. The predicted octanol–water partition coefficient (Wildman–Crippen LogP) is 1.72. The smallest absolute Gasteiger partial charge is 0.244 e. The van der Waals surface area contributed by atoms with E-state index in [0.717, 1.165) is 25.7 Å². The molecule has 0 aromatic carbocycles. The molecule has 1 fully saturated rings. The molecule has 0 atom stereocenters. The molecule has 0 amide bonds. The summed E-state index contributed by atoms with van der Waals surface area (Å²) >= 11 is 0. The average molecular weight is 300 g/mol. The topological polar surface area (TPSA) is 62.5 Å². The number of sulfonamides is 1. The number of hydrogen-bond acceptors (Lipinski definition) is 3. The van der Waals surface area contributed by atoms with Crippen molar-refractivity contribution in [2.24, 2.45) is 13.0 Å². The van der Waals surface area contributed by atoms with Gasteiger partial charge < -0.3 is 9.67 Å². The summed E-state index contributed by atoms with van der Waals surface area (Å²) in [6.45, 7) is 2.06. The lowest BCUT2D eigenvalue weighted by molar-refractivity contribution is 0.246. The van der Waals surface area contributed by atoms with Gasteiger partial charge in [-0.3, -0.25) is 0 Å². The van der Waals surface area contributed by atoms with Gasteiger partial charge in [-0.1, -0.05) is 6.92 Å². The Morgan fingerprint density at radius 1 is 1.35 bits per heavy atom. The van der Waals surface area contributed by atoms with Crippen LogP contribution in [0.15, 0.2) is 17.2 Å². The van der Waals surface area contributed by atoms with Crippen molar-refractivity contribution in [1.29, 1.82) is 0 Å². The van der Waals surface area contributed by atoms with Gasteiger partial charge in [-0.15, -0.1) is 0 Å². The van der Waals surface area contributed by atoms with Gasteiger partial charge in [0.05, 0.1) is 6.61 Å². The molecule has 114 valence electrons. The second-order valence-corrected chi connectivity index (χ2v) is 7.87. The highest BCUT2D eigenvalue weighted by atomic mass is 32.2. The van der Waals surface area contributed by atoms with Crippen molar-refractivity contribution in [2.75, 3.05) is 7.05 Å². The van der Waals surface area contributed by atoms with E-state index >= 15 is 0 Å². The molecule has 1 heterocycles. The van der Waals surface area contributed by atoms with Gasteiger partial charge in [0.2, 0.25) is 10.0 Å². The molecule has 0 saturated heterocycles. The number of aryl methyl sites for hydroxylation is 1. The SMILES string of the molecule is CC1CCC(N(C)S(=O)(=O)c2cc(CO)n(C)c2)CC1. The van der Waals surface area contributed by atoms with Crippen LogP contribution in [-0.2, 0) is 23.7 Å². The molecule has 6 heteroatoms. The van der Waals surface area contributed by atoms with E-state index in [9.17, 15) is 13.5 Å². The molecule has 5 nitrogen and oxygen atoms in total. The molecule has 1 aliphatic rings. The zero-order chi connectivity index (χ0) is 14.9. The molecule has 0 spiro atoms. The minimum Gasteiger partial charge on any atom is -0.390 e. The van der Waals surface area contributed by atoms with E-state index in [1.54, 1.807) is 30.9 Å². The normalized spacial score (nSPS) is 24.2. The Morgan fingerprint density at radius 3 is 2.45 bits per heavy atom. The van der Waals surface area contributed by atoms with Crippen LogP contribution in [0.3, 0.4) is 0 Å². The molecule has 0 radical (unpaired) electrons. The number of rotatable bonds is 4. The summed E-state index contributed by atoms with van der Waals surface area (Å²) in [4.78, 5) is 0.269. The van der Waals surface area contributed by atoms with E-state index in [2.05, 4.69) is 6.92 Å². The highest BCUT2D eigenvalue weighted by Crippen LogP contribution is 2.29. The average Bonchev–Trinajstić information content (AvgIpc) is 2.80. The van der Waals surface area contributed by atoms with Crippen molar-refractivity contribution >= 4 is 10.0 Å². The van der Waals surface area contributed by atoms with Gasteiger partial charge in [0.1, 0.15) is 4.90 Å². The first kappa shape index (κ1) is 15.5. The van der Waals surface area contributed by atoms with Gasteiger partial charge >= 0.3 is 0 Å². The third kappa shape index (κ3) is 2.92. The first-order chi connectivity index (χ1) is 9.36. The van der Waals surface area contributed by atoms with Gasteiger partial charge in [-0.2, -0.15) is 4.31 Å². The Bertz CT molecular complexity index is 557. The quantitative estimate of drug-likeness (QED) is 0.921. The van der Waals surface area contributed by atoms with Crippen LogP contribution in [0.5, 0.6) is 0 Å². The third-order valence-corrected chi connectivity index (χ3v) is 6.30. The molecule has 0 bridgehead atoms. The number of aliphatic hydroxyl groups is 1. The standard InChI is InChI=1S/C14H24N2O3S/c1-11-4-6-12(7-5-11)16(3)20(18,19)14-8-13(10-17)15(2)9-14/h8-9,11-12,17H,4-7,10H2,1-3H3. The van der Waals surface area contributed by atoms with Crippen molar-refractivity contribution in [3.05, 3.63) is 18.0 Å². The summed E-state index contributed by atoms with van der Waals surface area (Å²) in [5.74, 6) is 0.695. The minimum atomic E-state index is -3.47. The van der Waals surface area contributed by atoms with E-state index in [-0.39, 0.29) is 17.5 Å². The van der Waals surface area contributed by atoms with Crippen LogP contribution in [0.2, 0.25) is 0 Å². The number of aromatic nitrogens is 1. The number of nitrogens with zero attached hydrogens (tertiary/aromatic N) is 2. The Kier molecular flexibility index (Phi) is 4.56. The Balaban J connectivity index is 2.20. The zero-order valence-electron chi connectivity index (χ0n) is 12.4. The van der Waals surface area contributed by atoms with Crippen LogP contribution in [0.25, 0.3) is 0 Å². The van der Waals surface area contributed by atoms with E-state index in [1.165, 1.54) is 4.31 Å². The van der Waals surface area contributed by atoms with Gasteiger partial charge in [0.25, 0.3) is 0 Å². The summed E-state index contributed by atoms with van der Waals surface area (Å²) in [5.41, 5.74) is 0.606. The van der Waals surface area contributed by atoms with Crippen molar-refractivity contribution in [3.8, 4) is 0 Å². The van der Waals surface area contributed by atoms with Gasteiger partial charge in [-0.05, 0) is 37.7 Å². The van der Waals surface area contributed by atoms with Crippen molar-refractivity contribution in [2.45, 2.75) is 50.2 Å². The first-order valence-electron chi connectivity index (χ1n) is 7.10. The number of hydrogen-bond donors (Lipinski definition) is 1. The van der Waals surface area contributed by atoms with E-state index in [1.807, 2.05) is 0 Å². The maximum atomic E-state index is 12.6. The fourth-order valence-corrected chi connectivity index (χ4v) is 4.36. The fraction of sp³-hybridized carbons (Fsp3) is 0.714. The Labute approximate surface area is 121 Å².